The van der Waals surface area contributed by atoms with E-state index >= 15 is 0 Å². The molecule has 0 nitrogen and oxygen atoms in total. The largest absolute Gasteiger partial charge is 0.0654 e. The number of unbranched alkanes of at least 4 members (excludes halogenated alkanes) is 6. The SMILES string of the molecule is CCCCCCCCCc1ccc(I)cc1. The third kappa shape index (κ3) is 6.51. The van der Waals surface area contributed by atoms with Crippen molar-refractivity contribution in [3.8, 4) is 0 Å². The van der Waals surface area contributed by atoms with Crippen LogP contribution in [0.5, 0.6) is 0 Å². The van der Waals surface area contributed by atoms with Gasteiger partial charge < -0.3 is 0 Å². The Kier molecular flexibility index (Phi) is 7.91. The van der Waals surface area contributed by atoms with Gasteiger partial charge in [0.05, 0.1) is 0 Å². The van der Waals surface area contributed by atoms with Crippen LogP contribution >= 0.6 is 22.6 Å². The van der Waals surface area contributed by atoms with E-state index in [1.54, 1.807) is 0 Å². The van der Waals surface area contributed by atoms with Crippen LogP contribution in [0.2, 0.25) is 0 Å². The maximum absolute atomic E-state index is 2.36. The summed E-state index contributed by atoms with van der Waals surface area (Å²) in [7, 11) is 0. The van der Waals surface area contributed by atoms with Crippen molar-refractivity contribution >= 4 is 22.6 Å². The highest BCUT2D eigenvalue weighted by Gasteiger charge is 1.94. The molecule has 16 heavy (non-hydrogen) atoms. The molecule has 90 valence electrons. The van der Waals surface area contributed by atoms with Gasteiger partial charge in [-0.15, -0.1) is 0 Å². The van der Waals surface area contributed by atoms with Crippen molar-refractivity contribution in [3.63, 3.8) is 0 Å². The molecule has 1 rings (SSSR count). The van der Waals surface area contributed by atoms with Gasteiger partial charge >= 0.3 is 0 Å². The van der Waals surface area contributed by atoms with Crippen molar-refractivity contribution in [2.24, 2.45) is 0 Å². The van der Waals surface area contributed by atoms with E-state index in [0.29, 0.717) is 0 Å². The zero-order valence-electron chi connectivity index (χ0n) is 10.3. The number of rotatable bonds is 8. The van der Waals surface area contributed by atoms with E-state index in [9.17, 15) is 0 Å². The molecule has 0 heterocycles. The standard InChI is InChI=1S/C15H23I/c1-2-3-4-5-6-7-8-9-14-10-12-15(16)13-11-14/h10-13H,2-9H2,1H3. The lowest BCUT2D eigenvalue weighted by Gasteiger charge is -2.02. The van der Waals surface area contributed by atoms with Crippen LogP contribution in [-0.4, -0.2) is 0 Å². The highest BCUT2D eigenvalue weighted by Crippen LogP contribution is 2.12. The highest BCUT2D eigenvalue weighted by molar-refractivity contribution is 14.1. The molecule has 0 spiro atoms. The van der Waals surface area contributed by atoms with Crippen molar-refractivity contribution in [3.05, 3.63) is 33.4 Å². The number of hydrogen-bond donors (Lipinski definition) is 0. The normalized spacial score (nSPS) is 10.6. The maximum Gasteiger partial charge on any atom is 0.0130 e. The summed E-state index contributed by atoms with van der Waals surface area (Å²) in [5.41, 5.74) is 1.49. The summed E-state index contributed by atoms with van der Waals surface area (Å²) >= 11 is 2.36. The number of aryl methyl sites for hydroxylation is 1. The molecule has 0 aliphatic carbocycles. The smallest absolute Gasteiger partial charge is 0.0130 e. The van der Waals surface area contributed by atoms with E-state index in [-0.39, 0.29) is 0 Å². The van der Waals surface area contributed by atoms with Gasteiger partial charge in [-0.1, -0.05) is 57.6 Å². The Morgan fingerprint density at radius 3 is 2.00 bits per heavy atom. The van der Waals surface area contributed by atoms with Gasteiger partial charge in [0, 0.05) is 3.57 Å². The zero-order chi connectivity index (χ0) is 11.6. The van der Waals surface area contributed by atoms with Crippen LogP contribution in [0.1, 0.15) is 57.4 Å². The van der Waals surface area contributed by atoms with E-state index in [4.69, 9.17) is 0 Å². The van der Waals surface area contributed by atoms with E-state index in [1.165, 1.54) is 60.5 Å². The lowest BCUT2D eigenvalue weighted by molar-refractivity contribution is 0.589. The summed E-state index contributed by atoms with van der Waals surface area (Å²) in [5.74, 6) is 0. The summed E-state index contributed by atoms with van der Waals surface area (Å²) < 4.78 is 1.33. The summed E-state index contributed by atoms with van der Waals surface area (Å²) in [5, 5.41) is 0. The molecule has 0 N–H and O–H groups in total. The molecule has 1 heteroatoms. The quantitative estimate of drug-likeness (QED) is 0.431. The lowest BCUT2D eigenvalue weighted by atomic mass is 10.0. The zero-order valence-corrected chi connectivity index (χ0v) is 12.5. The van der Waals surface area contributed by atoms with E-state index in [2.05, 4.69) is 53.8 Å². The second kappa shape index (κ2) is 9.03. The molecule has 0 aliphatic heterocycles. The highest BCUT2D eigenvalue weighted by atomic mass is 127. The summed E-state index contributed by atoms with van der Waals surface area (Å²) in [4.78, 5) is 0. The average molecular weight is 330 g/mol. The van der Waals surface area contributed by atoms with Gasteiger partial charge in [0.1, 0.15) is 0 Å². The third-order valence-electron chi connectivity index (χ3n) is 2.98. The Balaban J connectivity index is 2.01. The van der Waals surface area contributed by atoms with E-state index in [1.807, 2.05) is 0 Å². The van der Waals surface area contributed by atoms with E-state index < -0.39 is 0 Å². The monoisotopic (exact) mass is 330 g/mol. The van der Waals surface area contributed by atoms with Crippen molar-refractivity contribution < 1.29 is 0 Å². The summed E-state index contributed by atoms with van der Waals surface area (Å²) in [6, 6.07) is 8.94. The number of hydrogen-bond acceptors (Lipinski definition) is 0. The molecule has 0 bridgehead atoms. The molecule has 0 aliphatic rings. The van der Waals surface area contributed by atoms with Crippen LogP contribution in [0.15, 0.2) is 24.3 Å². The van der Waals surface area contributed by atoms with Crippen LogP contribution in [-0.2, 0) is 6.42 Å². The fourth-order valence-electron chi connectivity index (χ4n) is 1.94. The molecule has 0 unspecified atom stereocenters. The van der Waals surface area contributed by atoms with Crippen LogP contribution in [0.3, 0.4) is 0 Å². The minimum Gasteiger partial charge on any atom is -0.0654 e. The first-order valence-corrected chi connectivity index (χ1v) is 7.65. The maximum atomic E-state index is 2.36. The topological polar surface area (TPSA) is 0 Å². The van der Waals surface area contributed by atoms with Crippen molar-refractivity contribution in [2.45, 2.75) is 58.3 Å². The third-order valence-corrected chi connectivity index (χ3v) is 3.70. The Morgan fingerprint density at radius 2 is 1.38 bits per heavy atom. The van der Waals surface area contributed by atoms with Gasteiger partial charge in [0.2, 0.25) is 0 Å². The predicted molar refractivity (Wildman–Crippen MR) is 80.9 cm³/mol. The molecule has 1 aromatic rings. The van der Waals surface area contributed by atoms with Crippen molar-refractivity contribution in [2.75, 3.05) is 0 Å². The second-order valence-electron chi connectivity index (χ2n) is 4.50. The van der Waals surface area contributed by atoms with Gasteiger partial charge in [-0.3, -0.25) is 0 Å². The van der Waals surface area contributed by atoms with Crippen LogP contribution < -0.4 is 0 Å². The Hall–Kier alpha value is -0.0500. The van der Waals surface area contributed by atoms with Gasteiger partial charge in [-0.2, -0.15) is 0 Å². The number of benzene rings is 1. The van der Waals surface area contributed by atoms with Crippen molar-refractivity contribution in [1.82, 2.24) is 0 Å². The summed E-state index contributed by atoms with van der Waals surface area (Å²) in [6.45, 7) is 2.27. The second-order valence-corrected chi connectivity index (χ2v) is 5.74. The molecule has 0 saturated carbocycles. The lowest BCUT2D eigenvalue weighted by Crippen LogP contribution is -1.86. The molecule has 0 atom stereocenters. The minimum absolute atomic E-state index is 1.25. The first-order chi connectivity index (χ1) is 7.83. The molecule has 0 amide bonds. The minimum atomic E-state index is 1.25. The molecular weight excluding hydrogens is 307 g/mol. The fourth-order valence-corrected chi connectivity index (χ4v) is 2.30. The molecular formula is C15H23I. The Morgan fingerprint density at radius 1 is 0.812 bits per heavy atom. The van der Waals surface area contributed by atoms with Gasteiger partial charge in [-0.25, -0.2) is 0 Å². The fraction of sp³-hybridized carbons (Fsp3) is 0.600. The van der Waals surface area contributed by atoms with Crippen LogP contribution in [0.25, 0.3) is 0 Å². The van der Waals surface area contributed by atoms with Crippen LogP contribution in [0, 0.1) is 3.57 Å². The average Bonchev–Trinajstić information content (AvgIpc) is 2.30. The van der Waals surface area contributed by atoms with Crippen molar-refractivity contribution in [1.29, 1.82) is 0 Å². The first-order valence-electron chi connectivity index (χ1n) is 6.57. The molecule has 0 aromatic heterocycles. The molecule has 0 saturated heterocycles. The van der Waals surface area contributed by atoms with Crippen LogP contribution in [0.4, 0.5) is 0 Å². The molecule has 1 aromatic carbocycles. The Labute approximate surface area is 114 Å². The van der Waals surface area contributed by atoms with Gasteiger partial charge in [0.25, 0.3) is 0 Å². The van der Waals surface area contributed by atoms with Gasteiger partial charge in [0.15, 0.2) is 0 Å². The predicted octanol–water partition coefficient (Wildman–Crippen LogP) is 5.58. The molecule has 0 fully saturated rings. The Bertz CT molecular complexity index is 263. The van der Waals surface area contributed by atoms with Gasteiger partial charge in [-0.05, 0) is 53.1 Å². The summed E-state index contributed by atoms with van der Waals surface area (Å²) in [6.07, 6.45) is 11.1. The van der Waals surface area contributed by atoms with E-state index in [0.717, 1.165) is 0 Å². The molecule has 0 radical (unpaired) electrons. The number of halogens is 1. The first kappa shape index (κ1) is 14.0.